The quantitative estimate of drug-likeness (QED) is 0.806. The van der Waals surface area contributed by atoms with Crippen molar-refractivity contribution < 1.29 is 9.18 Å². The molecule has 104 valence electrons. The summed E-state index contributed by atoms with van der Waals surface area (Å²) in [6, 6.07) is 4.87. The van der Waals surface area contributed by atoms with Gasteiger partial charge in [0, 0.05) is 16.6 Å². The first-order valence-corrected chi connectivity index (χ1v) is 7.57. The van der Waals surface area contributed by atoms with Crippen LogP contribution in [0.3, 0.4) is 0 Å². The van der Waals surface area contributed by atoms with E-state index < -0.39 is 5.82 Å². The Bertz CT molecular complexity index is 469. The van der Waals surface area contributed by atoms with E-state index in [0.29, 0.717) is 0 Å². The minimum Gasteiger partial charge on any atom is -0.333 e. The van der Waals surface area contributed by atoms with Crippen LogP contribution in [0.15, 0.2) is 22.7 Å². The summed E-state index contributed by atoms with van der Waals surface area (Å²) in [6.45, 7) is 3.98. The van der Waals surface area contributed by atoms with Crippen molar-refractivity contribution in [3.05, 3.63) is 34.1 Å². The van der Waals surface area contributed by atoms with E-state index >= 15 is 0 Å². The number of carbonyl (C=O) groups excluding carboxylic acids is 1. The molecule has 1 aliphatic rings. The van der Waals surface area contributed by atoms with Crippen LogP contribution in [-0.4, -0.2) is 22.9 Å². The van der Waals surface area contributed by atoms with Crippen LogP contribution in [0.4, 0.5) is 4.39 Å². The predicted octanol–water partition coefficient (Wildman–Crippen LogP) is 4.38. The SMILES string of the molecule is CC(C)N(C(=O)c1cc(Br)ccc1F)C1CCCC1. The summed E-state index contributed by atoms with van der Waals surface area (Å²) in [6.07, 6.45) is 4.36. The summed E-state index contributed by atoms with van der Waals surface area (Å²) >= 11 is 3.30. The molecule has 0 spiro atoms. The number of nitrogens with zero attached hydrogens (tertiary/aromatic N) is 1. The monoisotopic (exact) mass is 327 g/mol. The van der Waals surface area contributed by atoms with Crippen LogP contribution in [0.1, 0.15) is 49.9 Å². The Balaban J connectivity index is 2.30. The zero-order valence-electron chi connectivity index (χ0n) is 11.3. The van der Waals surface area contributed by atoms with Gasteiger partial charge in [-0.1, -0.05) is 28.8 Å². The van der Waals surface area contributed by atoms with E-state index in [4.69, 9.17) is 0 Å². The zero-order chi connectivity index (χ0) is 14.0. The van der Waals surface area contributed by atoms with Gasteiger partial charge in [-0.05, 0) is 44.9 Å². The highest BCUT2D eigenvalue weighted by Gasteiger charge is 2.30. The maximum Gasteiger partial charge on any atom is 0.257 e. The smallest absolute Gasteiger partial charge is 0.257 e. The number of amides is 1. The van der Waals surface area contributed by atoms with Crippen molar-refractivity contribution in [2.24, 2.45) is 0 Å². The van der Waals surface area contributed by atoms with E-state index in [-0.39, 0.29) is 23.6 Å². The molecule has 19 heavy (non-hydrogen) atoms. The molecule has 1 saturated carbocycles. The lowest BCUT2D eigenvalue weighted by Crippen LogP contribution is -2.44. The summed E-state index contributed by atoms with van der Waals surface area (Å²) in [4.78, 5) is 14.5. The van der Waals surface area contributed by atoms with Crippen LogP contribution >= 0.6 is 15.9 Å². The number of rotatable bonds is 3. The molecule has 0 saturated heterocycles. The van der Waals surface area contributed by atoms with Crippen molar-refractivity contribution in [2.75, 3.05) is 0 Å². The van der Waals surface area contributed by atoms with Crippen LogP contribution in [-0.2, 0) is 0 Å². The van der Waals surface area contributed by atoms with Gasteiger partial charge in [-0.25, -0.2) is 4.39 Å². The first-order valence-electron chi connectivity index (χ1n) is 6.78. The van der Waals surface area contributed by atoms with Gasteiger partial charge in [-0.3, -0.25) is 4.79 Å². The fourth-order valence-corrected chi connectivity index (χ4v) is 3.17. The lowest BCUT2D eigenvalue weighted by molar-refractivity contribution is 0.0608. The molecule has 0 unspecified atom stereocenters. The number of carbonyl (C=O) groups is 1. The number of halogens is 2. The Hall–Kier alpha value is -0.900. The van der Waals surface area contributed by atoms with Gasteiger partial charge in [0.05, 0.1) is 5.56 Å². The minimum absolute atomic E-state index is 0.0916. The van der Waals surface area contributed by atoms with Crippen molar-refractivity contribution in [2.45, 2.75) is 51.6 Å². The topological polar surface area (TPSA) is 20.3 Å². The maximum atomic E-state index is 13.9. The van der Waals surface area contributed by atoms with Gasteiger partial charge in [-0.2, -0.15) is 0 Å². The van der Waals surface area contributed by atoms with Gasteiger partial charge in [0.1, 0.15) is 5.82 Å². The Morgan fingerprint density at radius 2 is 2.00 bits per heavy atom. The van der Waals surface area contributed by atoms with Crippen LogP contribution in [0.5, 0.6) is 0 Å². The average Bonchev–Trinajstić information content (AvgIpc) is 2.85. The molecular formula is C15H19BrFNO. The average molecular weight is 328 g/mol. The van der Waals surface area contributed by atoms with Crippen molar-refractivity contribution >= 4 is 21.8 Å². The van der Waals surface area contributed by atoms with Crippen molar-refractivity contribution in [1.82, 2.24) is 4.90 Å². The number of hydrogen-bond donors (Lipinski definition) is 0. The summed E-state index contributed by atoms with van der Waals surface area (Å²) in [7, 11) is 0. The molecule has 4 heteroatoms. The molecule has 1 aliphatic carbocycles. The molecule has 0 bridgehead atoms. The molecule has 0 aliphatic heterocycles. The standard InChI is InChI=1S/C15H19BrFNO/c1-10(2)18(12-5-3-4-6-12)15(19)13-9-11(16)7-8-14(13)17/h7-10,12H,3-6H2,1-2H3. The molecule has 0 atom stereocenters. The third-order valence-electron chi connectivity index (χ3n) is 3.67. The molecule has 0 heterocycles. The Morgan fingerprint density at radius 1 is 1.37 bits per heavy atom. The highest BCUT2D eigenvalue weighted by atomic mass is 79.9. The zero-order valence-corrected chi connectivity index (χ0v) is 12.9. The Morgan fingerprint density at radius 3 is 2.58 bits per heavy atom. The Kier molecular flexibility index (Phi) is 4.61. The van der Waals surface area contributed by atoms with E-state index in [2.05, 4.69) is 15.9 Å². The molecule has 1 aromatic rings. The molecule has 0 radical (unpaired) electrons. The van der Waals surface area contributed by atoms with Crippen LogP contribution in [0.2, 0.25) is 0 Å². The molecule has 0 aromatic heterocycles. The number of hydrogen-bond acceptors (Lipinski definition) is 1. The molecule has 2 rings (SSSR count). The van der Waals surface area contributed by atoms with Crippen LogP contribution in [0.25, 0.3) is 0 Å². The fourth-order valence-electron chi connectivity index (χ4n) is 2.80. The molecule has 1 amide bonds. The largest absolute Gasteiger partial charge is 0.333 e. The highest BCUT2D eigenvalue weighted by molar-refractivity contribution is 9.10. The summed E-state index contributed by atoms with van der Waals surface area (Å²) in [5.41, 5.74) is 0.162. The molecule has 1 fully saturated rings. The lowest BCUT2D eigenvalue weighted by atomic mass is 10.1. The second-order valence-corrected chi connectivity index (χ2v) is 6.28. The van der Waals surface area contributed by atoms with E-state index in [1.54, 1.807) is 12.1 Å². The van der Waals surface area contributed by atoms with E-state index in [1.165, 1.54) is 6.07 Å². The first kappa shape index (κ1) is 14.5. The minimum atomic E-state index is -0.447. The van der Waals surface area contributed by atoms with Crippen LogP contribution < -0.4 is 0 Å². The van der Waals surface area contributed by atoms with Gasteiger partial charge < -0.3 is 4.90 Å². The number of benzene rings is 1. The van der Waals surface area contributed by atoms with E-state index in [9.17, 15) is 9.18 Å². The van der Waals surface area contributed by atoms with E-state index in [0.717, 1.165) is 30.2 Å². The second-order valence-electron chi connectivity index (χ2n) is 5.37. The van der Waals surface area contributed by atoms with Crippen molar-refractivity contribution in [1.29, 1.82) is 0 Å². The summed E-state index contributed by atoms with van der Waals surface area (Å²) in [5.74, 6) is -0.641. The normalized spacial score (nSPS) is 16.1. The van der Waals surface area contributed by atoms with Gasteiger partial charge in [0.25, 0.3) is 5.91 Å². The third kappa shape index (κ3) is 3.16. The first-order chi connectivity index (χ1) is 9.00. The fraction of sp³-hybridized carbons (Fsp3) is 0.533. The molecule has 1 aromatic carbocycles. The lowest BCUT2D eigenvalue weighted by Gasteiger charge is -2.33. The van der Waals surface area contributed by atoms with Crippen molar-refractivity contribution in [3.63, 3.8) is 0 Å². The maximum absolute atomic E-state index is 13.9. The molecular weight excluding hydrogens is 309 g/mol. The predicted molar refractivity (Wildman–Crippen MR) is 77.7 cm³/mol. The Labute approximate surface area is 122 Å². The van der Waals surface area contributed by atoms with Gasteiger partial charge >= 0.3 is 0 Å². The third-order valence-corrected chi connectivity index (χ3v) is 4.16. The highest BCUT2D eigenvalue weighted by Crippen LogP contribution is 2.27. The summed E-state index contributed by atoms with van der Waals surface area (Å²) < 4.78 is 14.6. The molecule has 0 N–H and O–H groups in total. The van der Waals surface area contributed by atoms with Gasteiger partial charge in [0.2, 0.25) is 0 Å². The van der Waals surface area contributed by atoms with Gasteiger partial charge in [-0.15, -0.1) is 0 Å². The second kappa shape index (κ2) is 6.04. The molecule has 2 nitrogen and oxygen atoms in total. The van der Waals surface area contributed by atoms with Crippen molar-refractivity contribution in [3.8, 4) is 0 Å². The van der Waals surface area contributed by atoms with E-state index in [1.807, 2.05) is 18.7 Å². The van der Waals surface area contributed by atoms with Crippen LogP contribution in [0, 0.1) is 5.82 Å². The van der Waals surface area contributed by atoms with Gasteiger partial charge in [0.15, 0.2) is 0 Å². The summed E-state index contributed by atoms with van der Waals surface area (Å²) in [5, 5.41) is 0.